The molecular formula is C2H4FNO4S. The van der Waals surface area contributed by atoms with E-state index in [1.54, 1.807) is 0 Å². The van der Waals surface area contributed by atoms with E-state index in [1.165, 1.54) is 0 Å². The van der Waals surface area contributed by atoms with Crippen molar-refractivity contribution in [2.45, 2.75) is 6.92 Å². The van der Waals surface area contributed by atoms with E-state index >= 15 is 0 Å². The van der Waals surface area contributed by atoms with Gasteiger partial charge in [0.05, 0.1) is 0 Å². The average Bonchev–Trinajstić information content (AvgIpc) is 1.62. The minimum absolute atomic E-state index is 0.660. The molecule has 0 radical (unpaired) electrons. The Bertz CT molecular complexity index is 209. The van der Waals surface area contributed by atoms with Gasteiger partial charge >= 0.3 is 10.3 Å². The van der Waals surface area contributed by atoms with Crippen LogP contribution in [0.1, 0.15) is 6.92 Å². The summed E-state index contributed by atoms with van der Waals surface area (Å²) in [5.41, 5.74) is 0. The van der Waals surface area contributed by atoms with Gasteiger partial charge in [0, 0.05) is 6.92 Å². The van der Waals surface area contributed by atoms with Gasteiger partial charge in [-0.1, -0.05) is 4.48 Å². The number of carbonyl (C=O) groups excluding carboxylic acids is 1. The van der Waals surface area contributed by atoms with E-state index in [9.17, 15) is 17.7 Å². The van der Waals surface area contributed by atoms with Gasteiger partial charge in [0.1, 0.15) is 0 Å². The van der Waals surface area contributed by atoms with Gasteiger partial charge in [-0.2, -0.15) is 8.42 Å². The van der Waals surface area contributed by atoms with Crippen LogP contribution in [0, 0.1) is 0 Å². The molecule has 0 spiro atoms. The number of amides is 1. The first-order valence-corrected chi connectivity index (χ1v) is 3.19. The number of hydrogen-bond acceptors (Lipinski definition) is 3. The fourth-order valence-corrected chi connectivity index (χ4v) is 0.487. The minimum atomic E-state index is -4.98. The predicted octanol–water partition coefficient (Wildman–Crippen LogP) is -0.478. The van der Waals surface area contributed by atoms with Crippen molar-refractivity contribution in [1.29, 1.82) is 0 Å². The van der Waals surface area contributed by atoms with Crippen LogP contribution in [0.15, 0.2) is 0 Å². The lowest BCUT2D eigenvalue weighted by Crippen LogP contribution is -2.26. The molecule has 0 aliphatic heterocycles. The molecule has 0 aromatic heterocycles. The van der Waals surface area contributed by atoms with Crippen molar-refractivity contribution in [2.75, 3.05) is 0 Å². The summed E-state index contributed by atoms with van der Waals surface area (Å²) in [7, 11) is -4.98. The third-order valence-corrected chi connectivity index (χ3v) is 1.11. The van der Waals surface area contributed by atoms with Gasteiger partial charge in [-0.15, -0.1) is 0 Å². The van der Waals surface area contributed by atoms with Crippen LogP contribution in [0.2, 0.25) is 0 Å². The molecule has 0 aromatic carbocycles. The van der Waals surface area contributed by atoms with Crippen LogP contribution in [0.5, 0.6) is 0 Å². The summed E-state index contributed by atoms with van der Waals surface area (Å²) in [5, 5.41) is 0. The van der Waals surface area contributed by atoms with E-state index < -0.39 is 20.7 Å². The van der Waals surface area contributed by atoms with Crippen LogP contribution in [0.3, 0.4) is 0 Å². The van der Waals surface area contributed by atoms with Crippen molar-refractivity contribution >= 4 is 16.2 Å². The zero-order valence-corrected chi connectivity index (χ0v) is 5.22. The molecule has 1 N–H and O–H groups in total. The second kappa shape index (κ2) is 2.28. The van der Waals surface area contributed by atoms with Crippen molar-refractivity contribution in [3.63, 3.8) is 0 Å². The molecule has 54 valence electrons. The molecule has 0 heterocycles. The van der Waals surface area contributed by atoms with Crippen LogP contribution in [0.4, 0.5) is 4.48 Å². The van der Waals surface area contributed by atoms with Crippen LogP contribution in [0.25, 0.3) is 0 Å². The molecule has 0 rings (SSSR count). The molecule has 9 heavy (non-hydrogen) atoms. The molecule has 0 bridgehead atoms. The Morgan fingerprint density at radius 3 is 2.00 bits per heavy atom. The SMILES string of the molecule is CC(=O)N(F)S(=O)(=O)O. The molecule has 0 aliphatic rings. The quantitative estimate of drug-likeness (QED) is 0.412. The first kappa shape index (κ1) is 8.31. The summed E-state index contributed by atoms with van der Waals surface area (Å²) >= 11 is 0. The predicted molar refractivity (Wildman–Crippen MR) is 25.2 cm³/mol. The molecule has 7 heteroatoms. The fourth-order valence-electron chi connectivity index (χ4n) is 0.162. The third kappa shape index (κ3) is 2.38. The summed E-state index contributed by atoms with van der Waals surface area (Å²) in [6.07, 6.45) is 0. The molecule has 0 saturated carbocycles. The number of halogens is 1. The van der Waals surface area contributed by atoms with Crippen molar-refractivity contribution in [3.8, 4) is 0 Å². The Hall–Kier alpha value is -0.690. The lowest BCUT2D eigenvalue weighted by Gasteiger charge is -2.01. The molecule has 0 atom stereocenters. The topological polar surface area (TPSA) is 74.7 Å². The summed E-state index contributed by atoms with van der Waals surface area (Å²) in [4.78, 5) is 9.80. The van der Waals surface area contributed by atoms with Crippen molar-refractivity contribution in [2.24, 2.45) is 0 Å². The van der Waals surface area contributed by atoms with E-state index in [1.807, 2.05) is 0 Å². The molecule has 0 aliphatic carbocycles. The summed E-state index contributed by atoms with van der Waals surface area (Å²) < 4.78 is 37.5. The molecular weight excluding hydrogens is 153 g/mol. The van der Waals surface area contributed by atoms with Gasteiger partial charge < -0.3 is 0 Å². The van der Waals surface area contributed by atoms with Crippen LogP contribution in [-0.2, 0) is 15.1 Å². The Morgan fingerprint density at radius 1 is 1.67 bits per heavy atom. The Balaban J connectivity index is 4.43. The second-order valence-corrected chi connectivity index (χ2v) is 2.43. The van der Waals surface area contributed by atoms with Crippen LogP contribution < -0.4 is 0 Å². The third-order valence-electron chi connectivity index (χ3n) is 0.450. The van der Waals surface area contributed by atoms with E-state index in [2.05, 4.69) is 0 Å². The molecule has 0 unspecified atom stereocenters. The van der Waals surface area contributed by atoms with Gasteiger partial charge in [0.15, 0.2) is 0 Å². The Kier molecular flexibility index (Phi) is 2.10. The zero-order valence-electron chi connectivity index (χ0n) is 4.41. The maximum absolute atomic E-state index is 11.7. The minimum Gasteiger partial charge on any atom is -0.271 e. The molecule has 0 fully saturated rings. The van der Waals surface area contributed by atoms with Crippen molar-refractivity contribution in [1.82, 2.24) is 4.53 Å². The Labute approximate surface area is 50.9 Å². The van der Waals surface area contributed by atoms with Gasteiger partial charge in [-0.05, 0) is 4.53 Å². The highest BCUT2D eigenvalue weighted by Crippen LogP contribution is 1.96. The van der Waals surface area contributed by atoms with E-state index in [0.29, 0.717) is 6.92 Å². The standard InChI is InChI=1S/C2H4FNO4S/c1-2(5)4(3)9(6,7)8/h1H3,(H,6,7,8). The van der Waals surface area contributed by atoms with Gasteiger partial charge in [-0.25, -0.2) is 0 Å². The van der Waals surface area contributed by atoms with Gasteiger partial charge in [0.2, 0.25) is 0 Å². The number of carbonyl (C=O) groups is 1. The number of rotatable bonds is 1. The number of hydrogen-bond donors (Lipinski definition) is 1. The highest BCUT2D eigenvalue weighted by atomic mass is 32.2. The summed E-state index contributed by atoms with van der Waals surface area (Å²) in [6, 6.07) is 0. The fraction of sp³-hybridized carbons (Fsp3) is 0.500. The Morgan fingerprint density at radius 2 is 2.00 bits per heavy atom. The monoisotopic (exact) mass is 157 g/mol. The molecule has 1 amide bonds. The maximum Gasteiger partial charge on any atom is 0.389 e. The summed E-state index contributed by atoms with van der Waals surface area (Å²) in [6.45, 7) is 0.660. The number of nitrogens with zero attached hydrogens (tertiary/aromatic N) is 1. The van der Waals surface area contributed by atoms with E-state index in [0.717, 1.165) is 0 Å². The second-order valence-electron chi connectivity index (χ2n) is 1.21. The summed E-state index contributed by atoms with van der Waals surface area (Å²) in [5.74, 6) is -1.39. The van der Waals surface area contributed by atoms with Crippen molar-refractivity contribution < 1.29 is 22.2 Å². The zero-order chi connectivity index (χ0) is 7.65. The largest absolute Gasteiger partial charge is 0.389 e. The molecule has 0 saturated heterocycles. The lowest BCUT2D eigenvalue weighted by atomic mass is 10.8. The average molecular weight is 157 g/mol. The van der Waals surface area contributed by atoms with Gasteiger partial charge in [-0.3, -0.25) is 9.35 Å². The molecule has 0 aromatic rings. The highest BCUT2D eigenvalue weighted by molar-refractivity contribution is 7.83. The van der Waals surface area contributed by atoms with Crippen molar-refractivity contribution in [3.05, 3.63) is 0 Å². The first-order valence-electron chi connectivity index (χ1n) is 1.80. The smallest absolute Gasteiger partial charge is 0.271 e. The lowest BCUT2D eigenvalue weighted by molar-refractivity contribution is -0.133. The van der Waals surface area contributed by atoms with Crippen LogP contribution in [-0.4, -0.2) is 23.4 Å². The van der Waals surface area contributed by atoms with E-state index in [4.69, 9.17) is 4.55 Å². The highest BCUT2D eigenvalue weighted by Gasteiger charge is 2.20. The first-order chi connectivity index (χ1) is 3.85. The maximum atomic E-state index is 11.7. The molecule has 5 nitrogen and oxygen atoms in total. The van der Waals surface area contributed by atoms with Gasteiger partial charge in [0.25, 0.3) is 5.91 Å². The van der Waals surface area contributed by atoms with Crippen LogP contribution >= 0.6 is 0 Å². The normalized spacial score (nSPS) is 11.0. The van der Waals surface area contributed by atoms with E-state index in [-0.39, 0.29) is 0 Å².